The Bertz CT molecular complexity index is 200. The minimum atomic E-state index is -0.137. The standard InChI is InChI=1S/C14H30N2O/c1-6-9-16(11-10-15(4)5)12-14(7-2,8-3)13-17/h13H,6-12H2,1-5H3. The number of carbonyl (C=O) groups excluding carboxylic acids is 1. The Labute approximate surface area is 107 Å². The van der Waals surface area contributed by atoms with Crippen molar-refractivity contribution in [3.63, 3.8) is 0 Å². The van der Waals surface area contributed by atoms with Crippen molar-refractivity contribution in [3.8, 4) is 0 Å². The minimum Gasteiger partial charge on any atom is -0.308 e. The van der Waals surface area contributed by atoms with Gasteiger partial charge in [-0.15, -0.1) is 0 Å². The van der Waals surface area contributed by atoms with Crippen molar-refractivity contribution in [2.24, 2.45) is 5.41 Å². The van der Waals surface area contributed by atoms with Crippen LogP contribution in [0.25, 0.3) is 0 Å². The van der Waals surface area contributed by atoms with E-state index in [0.29, 0.717) is 0 Å². The van der Waals surface area contributed by atoms with Crippen molar-refractivity contribution < 1.29 is 4.79 Å². The van der Waals surface area contributed by atoms with Crippen LogP contribution in [-0.2, 0) is 4.79 Å². The molecule has 0 aliphatic heterocycles. The summed E-state index contributed by atoms with van der Waals surface area (Å²) in [6.07, 6.45) is 4.20. The molecule has 0 aromatic heterocycles. The van der Waals surface area contributed by atoms with Crippen LogP contribution in [0.15, 0.2) is 0 Å². The normalized spacial score (nSPS) is 12.4. The molecule has 0 aromatic carbocycles. The van der Waals surface area contributed by atoms with Crippen LogP contribution in [0.3, 0.4) is 0 Å². The Kier molecular flexibility index (Phi) is 8.44. The maximum Gasteiger partial charge on any atom is 0.127 e. The van der Waals surface area contributed by atoms with Gasteiger partial charge >= 0.3 is 0 Å². The van der Waals surface area contributed by atoms with Gasteiger partial charge in [-0.1, -0.05) is 20.8 Å². The zero-order chi connectivity index (χ0) is 13.3. The quantitative estimate of drug-likeness (QED) is 0.549. The van der Waals surface area contributed by atoms with E-state index in [1.54, 1.807) is 0 Å². The largest absolute Gasteiger partial charge is 0.308 e. The summed E-state index contributed by atoms with van der Waals surface area (Å²) >= 11 is 0. The first-order valence-corrected chi connectivity index (χ1v) is 6.87. The lowest BCUT2D eigenvalue weighted by Crippen LogP contribution is -2.41. The lowest BCUT2D eigenvalue weighted by atomic mass is 9.83. The summed E-state index contributed by atoms with van der Waals surface area (Å²) in [5.74, 6) is 0. The summed E-state index contributed by atoms with van der Waals surface area (Å²) in [7, 11) is 4.19. The van der Waals surface area contributed by atoms with Gasteiger partial charge in [0.15, 0.2) is 0 Å². The highest BCUT2D eigenvalue weighted by atomic mass is 16.1. The van der Waals surface area contributed by atoms with Gasteiger partial charge in [0.25, 0.3) is 0 Å². The molecule has 0 saturated heterocycles. The summed E-state index contributed by atoms with van der Waals surface area (Å²) in [5, 5.41) is 0. The van der Waals surface area contributed by atoms with Gasteiger partial charge in [0, 0.05) is 25.0 Å². The molecule has 3 nitrogen and oxygen atoms in total. The van der Waals surface area contributed by atoms with Gasteiger partial charge in [-0.2, -0.15) is 0 Å². The molecule has 0 fully saturated rings. The van der Waals surface area contributed by atoms with E-state index in [-0.39, 0.29) is 5.41 Å². The highest BCUT2D eigenvalue weighted by molar-refractivity contribution is 5.59. The van der Waals surface area contributed by atoms with E-state index in [4.69, 9.17) is 0 Å². The number of hydrogen-bond donors (Lipinski definition) is 0. The average molecular weight is 242 g/mol. The Balaban J connectivity index is 4.43. The van der Waals surface area contributed by atoms with Crippen LogP contribution < -0.4 is 0 Å². The van der Waals surface area contributed by atoms with Gasteiger partial charge < -0.3 is 14.6 Å². The lowest BCUT2D eigenvalue weighted by Gasteiger charge is -2.33. The Morgan fingerprint density at radius 2 is 1.59 bits per heavy atom. The average Bonchev–Trinajstić information content (AvgIpc) is 2.33. The van der Waals surface area contributed by atoms with Crippen LogP contribution in [0.1, 0.15) is 40.0 Å². The first kappa shape index (κ1) is 16.6. The number of aldehydes is 1. The van der Waals surface area contributed by atoms with Crippen molar-refractivity contribution >= 4 is 6.29 Å². The van der Waals surface area contributed by atoms with Crippen molar-refractivity contribution in [1.29, 1.82) is 0 Å². The maximum atomic E-state index is 11.3. The molecule has 0 rings (SSSR count). The Morgan fingerprint density at radius 1 is 1.00 bits per heavy atom. The number of nitrogens with zero attached hydrogens (tertiary/aromatic N) is 2. The molecule has 0 aliphatic carbocycles. The summed E-state index contributed by atoms with van der Waals surface area (Å²) in [4.78, 5) is 16.0. The lowest BCUT2D eigenvalue weighted by molar-refractivity contribution is -0.117. The number of hydrogen-bond acceptors (Lipinski definition) is 3. The summed E-state index contributed by atoms with van der Waals surface area (Å²) < 4.78 is 0. The van der Waals surface area contributed by atoms with Crippen LogP contribution in [0.4, 0.5) is 0 Å². The SMILES string of the molecule is CCCN(CCN(C)C)CC(C=O)(CC)CC. The molecular formula is C14H30N2O. The van der Waals surface area contributed by atoms with E-state index in [2.05, 4.69) is 44.7 Å². The summed E-state index contributed by atoms with van der Waals surface area (Å²) in [6, 6.07) is 0. The Hall–Kier alpha value is -0.410. The van der Waals surface area contributed by atoms with Gasteiger partial charge in [0.05, 0.1) is 0 Å². The van der Waals surface area contributed by atoms with Gasteiger partial charge in [-0.3, -0.25) is 0 Å². The third kappa shape index (κ3) is 6.18. The van der Waals surface area contributed by atoms with Crippen LogP contribution >= 0.6 is 0 Å². The molecule has 0 atom stereocenters. The zero-order valence-electron chi connectivity index (χ0n) is 12.3. The Morgan fingerprint density at radius 3 is 1.94 bits per heavy atom. The van der Waals surface area contributed by atoms with E-state index in [0.717, 1.165) is 45.4 Å². The second-order valence-corrected chi connectivity index (χ2v) is 5.27. The molecule has 0 unspecified atom stereocenters. The maximum absolute atomic E-state index is 11.3. The first-order chi connectivity index (χ1) is 8.03. The highest BCUT2D eigenvalue weighted by Gasteiger charge is 2.27. The van der Waals surface area contributed by atoms with Gasteiger partial charge in [0.2, 0.25) is 0 Å². The second kappa shape index (κ2) is 8.65. The fourth-order valence-corrected chi connectivity index (χ4v) is 2.05. The zero-order valence-corrected chi connectivity index (χ0v) is 12.3. The molecule has 0 N–H and O–H groups in total. The molecule has 0 bridgehead atoms. The molecule has 0 radical (unpaired) electrons. The molecule has 0 aliphatic rings. The van der Waals surface area contributed by atoms with Gasteiger partial charge in [-0.25, -0.2) is 0 Å². The molecule has 0 heterocycles. The fraction of sp³-hybridized carbons (Fsp3) is 0.929. The van der Waals surface area contributed by atoms with Gasteiger partial charge in [-0.05, 0) is 39.9 Å². The highest BCUT2D eigenvalue weighted by Crippen LogP contribution is 2.24. The molecule has 0 spiro atoms. The molecule has 17 heavy (non-hydrogen) atoms. The van der Waals surface area contributed by atoms with E-state index in [1.165, 1.54) is 6.29 Å². The predicted octanol–water partition coefficient (Wildman–Crippen LogP) is 2.27. The number of carbonyl (C=O) groups is 1. The fourth-order valence-electron chi connectivity index (χ4n) is 2.05. The smallest absolute Gasteiger partial charge is 0.127 e. The molecule has 0 saturated carbocycles. The summed E-state index contributed by atoms with van der Waals surface area (Å²) in [6.45, 7) is 10.5. The van der Waals surface area contributed by atoms with Crippen molar-refractivity contribution in [2.45, 2.75) is 40.0 Å². The van der Waals surface area contributed by atoms with Crippen molar-refractivity contribution in [2.75, 3.05) is 40.3 Å². The van der Waals surface area contributed by atoms with E-state index in [1.807, 2.05) is 0 Å². The number of rotatable bonds is 10. The van der Waals surface area contributed by atoms with Crippen LogP contribution in [0.5, 0.6) is 0 Å². The molecule has 102 valence electrons. The second-order valence-electron chi connectivity index (χ2n) is 5.27. The van der Waals surface area contributed by atoms with Crippen LogP contribution in [-0.4, -0.2) is 56.4 Å². The predicted molar refractivity (Wildman–Crippen MR) is 74.4 cm³/mol. The van der Waals surface area contributed by atoms with E-state index < -0.39 is 0 Å². The van der Waals surface area contributed by atoms with E-state index >= 15 is 0 Å². The molecule has 3 heteroatoms. The molecule has 0 aromatic rings. The van der Waals surface area contributed by atoms with Crippen molar-refractivity contribution in [3.05, 3.63) is 0 Å². The number of likely N-dealkylation sites (N-methyl/N-ethyl adjacent to an activating group) is 1. The first-order valence-electron chi connectivity index (χ1n) is 6.87. The minimum absolute atomic E-state index is 0.137. The van der Waals surface area contributed by atoms with Crippen LogP contribution in [0, 0.1) is 5.41 Å². The third-order valence-corrected chi connectivity index (χ3v) is 3.60. The topological polar surface area (TPSA) is 23.6 Å². The monoisotopic (exact) mass is 242 g/mol. The van der Waals surface area contributed by atoms with Gasteiger partial charge in [0.1, 0.15) is 6.29 Å². The van der Waals surface area contributed by atoms with Crippen molar-refractivity contribution in [1.82, 2.24) is 9.80 Å². The molecular weight excluding hydrogens is 212 g/mol. The third-order valence-electron chi connectivity index (χ3n) is 3.60. The van der Waals surface area contributed by atoms with E-state index in [9.17, 15) is 4.79 Å². The summed E-state index contributed by atoms with van der Waals surface area (Å²) in [5.41, 5.74) is -0.137. The van der Waals surface area contributed by atoms with Crippen LogP contribution in [0.2, 0.25) is 0 Å². The molecule has 0 amide bonds.